The number of nitrogens with two attached hydrogens (primary N) is 1. The molecule has 1 fully saturated rings. The van der Waals surface area contributed by atoms with Crippen LogP contribution in [0.1, 0.15) is 24.0 Å². The second kappa shape index (κ2) is 5.73. The molecule has 2 rings (SSSR count). The maximum absolute atomic E-state index is 12.4. The second-order valence-corrected chi connectivity index (χ2v) is 7.84. The lowest BCUT2D eigenvalue weighted by Crippen LogP contribution is -2.38. The normalized spacial score (nSPS) is 20.4. The fourth-order valence-corrected chi connectivity index (χ4v) is 5.05. The van der Waals surface area contributed by atoms with Crippen LogP contribution in [0.3, 0.4) is 0 Å². The highest BCUT2D eigenvalue weighted by atomic mass is 32.2. The van der Waals surface area contributed by atoms with Crippen molar-refractivity contribution < 1.29 is 8.42 Å². The van der Waals surface area contributed by atoms with Crippen LogP contribution in [-0.4, -0.2) is 26.0 Å². The minimum absolute atomic E-state index is 0.0323. The van der Waals surface area contributed by atoms with Crippen LogP contribution in [0.5, 0.6) is 0 Å². The van der Waals surface area contributed by atoms with Crippen LogP contribution in [0.25, 0.3) is 0 Å². The molecule has 0 bridgehead atoms. The molecule has 19 heavy (non-hydrogen) atoms. The minimum Gasteiger partial charge on any atom is -0.398 e. The van der Waals surface area contributed by atoms with Gasteiger partial charge in [0.2, 0.25) is 10.0 Å². The van der Waals surface area contributed by atoms with Crippen molar-refractivity contribution in [3.63, 3.8) is 0 Å². The summed E-state index contributed by atoms with van der Waals surface area (Å²) < 4.78 is 27.7. The van der Waals surface area contributed by atoms with E-state index in [9.17, 15) is 8.42 Å². The van der Waals surface area contributed by atoms with Crippen molar-refractivity contribution >= 4 is 27.5 Å². The van der Waals surface area contributed by atoms with Crippen LogP contribution in [0.15, 0.2) is 17.0 Å². The first kappa shape index (κ1) is 14.7. The topological polar surface area (TPSA) is 72.2 Å². The van der Waals surface area contributed by atoms with E-state index in [2.05, 4.69) is 4.72 Å². The van der Waals surface area contributed by atoms with Crippen LogP contribution < -0.4 is 10.5 Å². The summed E-state index contributed by atoms with van der Waals surface area (Å²) in [6, 6.07) is 3.51. The lowest BCUT2D eigenvalue weighted by atomic mass is 10.1. The van der Waals surface area contributed by atoms with Gasteiger partial charge in [-0.25, -0.2) is 13.1 Å². The Balaban J connectivity index is 2.28. The number of nitrogens with one attached hydrogen (secondary N) is 1. The SMILES string of the molecule is Cc1cc(N)c(C)c(S(=O)(=O)NC2CCCSC2)c1. The highest BCUT2D eigenvalue weighted by Crippen LogP contribution is 2.25. The minimum atomic E-state index is -3.48. The smallest absolute Gasteiger partial charge is 0.241 e. The Kier molecular flexibility index (Phi) is 4.43. The highest BCUT2D eigenvalue weighted by molar-refractivity contribution is 7.99. The molecular weight excluding hydrogens is 280 g/mol. The molecule has 1 aliphatic rings. The van der Waals surface area contributed by atoms with Crippen LogP contribution in [-0.2, 0) is 10.0 Å². The Hall–Kier alpha value is -0.720. The number of sulfonamides is 1. The molecule has 1 aliphatic heterocycles. The van der Waals surface area contributed by atoms with E-state index < -0.39 is 10.0 Å². The number of nitrogen functional groups attached to an aromatic ring is 1. The number of thioether (sulfide) groups is 1. The van der Waals surface area contributed by atoms with E-state index in [0.29, 0.717) is 16.1 Å². The van der Waals surface area contributed by atoms with Gasteiger partial charge in [0.15, 0.2) is 0 Å². The van der Waals surface area contributed by atoms with Crippen molar-refractivity contribution in [3.8, 4) is 0 Å². The van der Waals surface area contributed by atoms with Crippen LogP contribution in [0, 0.1) is 13.8 Å². The van der Waals surface area contributed by atoms with Gasteiger partial charge in [0.25, 0.3) is 0 Å². The molecule has 0 saturated carbocycles. The Labute approximate surface area is 119 Å². The third-order valence-corrected chi connectivity index (χ3v) is 6.18. The molecule has 6 heteroatoms. The molecule has 0 amide bonds. The lowest BCUT2D eigenvalue weighted by molar-refractivity contribution is 0.542. The molecule has 1 unspecified atom stereocenters. The van der Waals surface area contributed by atoms with Gasteiger partial charge >= 0.3 is 0 Å². The first-order valence-corrected chi connectivity index (χ1v) is 9.01. The maximum Gasteiger partial charge on any atom is 0.241 e. The highest BCUT2D eigenvalue weighted by Gasteiger charge is 2.24. The van der Waals surface area contributed by atoms with E-state index in [1.807, 2.05) is 6.92 Å². The van der Waals surface area contributed by atoms with Crippen molar-refractivity contribution in [1.29, 1.82) is 0 Å². The van der Waals surface area contributed by atoms with Gasteiger partial charge in [0.1, 0.15) is 0 Å². The average molecular weight is 300 g/mol. The summed E-state index contributed by atoms with van der Waals surface area (Å²) in [4.78, 5) is 0.306. The van der Waals surface area contributed by atoms with E-state index in [1.54, 1.807) is 30.8 Å². The van der Waals surface area contributed by atoms with Gasteiger partial charge in [0.05, 0.1) is 4.90 Å². The summed E-state index contributed by atoms with van der Waals surface area (Å²) in [5.74, 6) is 1.97. The van der Waals surface area contributed by atoms with Gasteiger partial charge < -0.3 is 5.73 Å². The number of hydrogen-bond donors (Lipinski definition) is 2. The summed E-state index contributed by atoms with van der Waals surface area (Å²) in [6.45, 7) is 3.60. The van der Waals surface area contributed by atoms with Crippen molar-refractivity contribution in [3.05, 3.63) is 23.3 Å². The molecule has 1 atom stereocenters. The molecule has 1 aromatic rings. The third kappa shape index (κ3) is 3.43. The summed E-state index contributed by atoms with van der Waals surface area (Å²) in [7, 11) is -3.48. The lowest BCUT2D eigenvalue weighted by Gasteiger charge is -2.23. The van der Waals surface area contributed by atoms with Gasteiger partial charge in [-0.2, -0.15) is 11.8 Å². The molecule has 106 valence electrons. The number of hydrogen-bond acceptors (Lipinski definition) is 4. The fourth-order valence-electron chi connectivity index (χ4n) is 2.25. The molecule has 1 aromatic carbocycles. The van der Waals surface area contributed by atoms with Crippen molar-refractivity contribution in [2.45, 2.75) is 37.6 Å². The van der Waals surface area contributed by atoms with E-state index >= 15 is 0 Å². The Bertz CT molecular complexity index is 564. The molecule has 3 N–H and O–H groups in total. The van der Waals surface area contributed by atoms with Crippen molar-refractivity contribution in [2.24, 2.45) is 0 Å². The monoisotopic (exact) mass is 300 g/mol. The number of benzene rings is 1. The maximum atomic E-state index is 12.4. The Morgan fingerprint density at radius 1 is 1.37 bits per heavy atom. The standard InChI is InChI=1S/C13H20N2O2S2/c1-9-6-12(14)10(2)13(7-9)19(16,17)15-11-4-3-5-18-8-11/h6-7,11,15H,3-5,8,14H2,1-2H3. The number of rotatable bonds is 3. The Morgan fingerprint density at radius 3 is 2.74 bits per heavy atom. The van der Waals surface area contributed by atoms with Crippen LogP contribution >= 0.6 is 11.8 Å². The summed E-state index contributed by atoms with van der Waals surface area (Å²) >= 11 is 1.80. The van der Waals surface area contributed by atoms with E-state index in [1.165, 1.54) is 0 Å². The average Bonchev–Trinajstić information content (AvgIpc) is 2.34. The third-order valence-electron chi connectivity index (χ3n) is 3.32. The molecular formula is C13H20N2O2S2. The number of aryl methyl sites for hydroxylation is 1. The second-order valence-electron chi connectivity index (χ2n) is 5.01. The summed E-state index contributed by atoms with van der Waals surface area (Å²) in [6.07, 6.45) is 1.97. The predicted molar refractivity (Wildman–Crippen MR) is 81.0 cm³/mol. The fraction of sp³-hybridized carbons (Fsp3) is 0.538. The van der Waals surface area contributed by atoms with Gasteiger partial charge in [0, 0.05) is 17.5 Å². The molecule has 0 aliphatic carbocycles. The van der Waals surface area contributed by atoms with Crippen molar-refractivity contribution in [1.82, 2.24) is 4.72 Å². The van der Waals surface area contributed by atoms with E-state index in [-0.39, 0.29) is 6.04 Å². The van der Waals surface area contributed by atoms with Gasteiger partial charge in [-0.05, 0) is 55.7 Å². The van der Waals surface area contributed by atoms with E-state index in [0.717, 1.165) is 29.9 Å². The quantitative estimate of drug-likeness (QED) is 0.838. The summed E-state index contributed by atoms with van der Waals surface area (Å²) in [5.41, 5.74) is 7.87. The zero-order valence-corrected chi connectivity index (χ0v) is 12.9. The predicted octanol–water partition coefficient (Wildman–Crippen LogP) is 2.06. The molecule has 0 spiro atoms. The molecule has 0 aromatic heterocycles. The zero-order chi connectivity index (χ0) is 14.0. The zero-order valence-electron chi connectivity index (χ0n) is 11.3. The first-order valence-electron chi connectivity index (χ1n) is 6.37. The Morgan fingerprint density at radius 2 is 2.11 bits per heavy atom. The van der Waals surface area contributed by atoms with Crippen molar-refractivity contribution in [2.75, 3.05) is 17.2 Å². The largest absolute Gasteiger partial charge is 0.398 e. The van der Waals surface area contributed by atoms with Crippen LogP contribution in [0.4, 0.5) is 5.69 Å². The molecule has 4 nitrogen and oxygen atoms in total. The van der Waals surface area contributed by atoms with Gasteiger partial charge in [-0.3, -0.25) is 0 Å². The van der Waals surface area contributed by atoms with Gasteiger partial charge in [-0.1, -0.05) is 0 Å². The van der Waals surface area contributed by atoms with E-state index in [4.69, 9.17) is 5.73 Å². The van der Waals surface area contributed by atoms with Crippen LogP contribution in [0.2, 0.25) is 0 Å². The molecule has 1 heterocycles. The molecule has 0 radical (unpaired) electrons. The number of anilines is 1. The van der Waals surface area contributed by atoms with Gasteiger partial charge in [-0.15, -0.1) is 0 Å². The summed E-state index contributed by atoms with van der Waals surface area (Å²) in [5, 5.41) is 0. The molecule has 1 saturated heterocycles. The first-order chi connectivity index (χ1) is 8.90.